The lowest BCUT2D eigenvalue weighted by Crippen LogP contribution is -2.03. The molecule has 1 aromatic rings. The minimum atomic E-state index is 0.533. The van der Waals surface area contributed by atoms with Gasteiger partial charge in [0, 0.05) is 25.9 Å². The number of allylic oxidation sites excluding steroid dienone is 1. The summed E-state index contributed by atoms with van der Waals surface area (Å²) in [6.45, 7) is 0. The summed E-state index contributed by atoms with van der Waals surface area (Å²) in [5, 5.41) is 9.17. The fourth-order valence-electron chi connectivity index (χ4n) is 1.44. The van der Waals surface area contributed by atoms with Crippen LogP contribution in [-0.2, 0) is 0 Å². The molecule has 4 nitrogen and oxygen atoms in total. The third-order valence-electron chi connectivity index (χ3n) is 2.20. The van der Waals surface area contributed by atoms with Gasteiger partial charge < -0.3 is 14.4 Å². The summed E-state index contributed by atoms with van der Waals surface area (Å²) in [6, 6.07) is 7.53. The maximum absolute atomic E-state index is 9.17. The van der Waals surface area contributed by atoms with Crippen molar-refractivity contribution < 1.29 is 9.47 Å². The molecule has 0 N–H and O–H groups in total. The second-order valence-corrected chi connectivity index (χ2v) is 3.68. The van der Waals surface area contributed by atoms with Crippen molar-refractivity contribution in [3.05, 3.63) is 30.0 Å². The molecule has 0 atom stereocenters. The molecule has 0 unspecified atom stereocenters. The van der Waals surface area contributed by atoms with Crippen LogP contribution in [0.5, 0.6) is 11.5 Å². The van der Waals surface area contributed by atoms with Crippen LogP contribution in [0.4, 0.5) is 0 Å². The van der Waals surface area contributed by atoms with Crippen molar-refractivity contribution in [2.24, 2.45) is 0 Å². The molecule has 0 bridgehead atoms. The Bertz CT molecular complexity index is 459. The summed E-state index contributed by atoms with van der Waals surface area (Å²) in [4.78, 5) is 1.82. The van der Waals surface area contributed by atoms with Gasteiger partial charge in [0.25, 0.3) is 0 Å². The van der Waals surface area contributed by atoms with Crippen molar-refractivity contribution in [1.29, 1.82) is 5.26 Å². The first-order valence-corrected chi connectivity index (χ1v) is 5.13. The summed E-state index contributed by atoms with van der Waals surface area (Å²) >= 11 is 0. The van der Waals surface area contributed by atoms with E-state index in [4.69, 9.17) is 9.47 Å². The molecule has 0 aliphatic heterocycles. The van der Waals surface area contributed by atoms with E-state index in [0.717, 1.165) is 5.56 Å². The van der Waals surface area contributed by atoms with Crippen molar-refractivity contribution in [1.82, 2.24) is 4.90 Å². The number of nitriles is 1. The smallest absolute Gasteiger partial charge is 0.127 e. The second-order valence-electron chi connectivity index (χ2n) is 3.68. The molecule has 0 saturated heterocycles. The van der Waals surface area contributed by atoms with Crippen LogP contribution in [0, 0.1) is 11.3 Å². The molecule has 4 heteroatoms. The molecule has 90 valence electrons. The highest BCUT2D eigenvalue weighted by Gasteiger charge is 2.10. The summed E-state index contributed by atoms with van der Waals surface area (Å²) in [7, 11) is 6.90. The van der Waals surface area contributed by atoms with Crippen LogP contribution in [0.25, 0.3) is 5.57 Å². The molecule has 0 aliphatic carbocycles. The van der Waals surface area contributed by atoms with Crippen molar-refractivity contribution >= 4 is 5.57 Å². The Morgan fingerprint density at radius 1 is 1.29 bits per heavy atom. The van der Waals surface area contributed by atoms with Crippen LogP contribution in [0.1, 0.15) is 5.56 Å². The van der Waals surface area contributed by atoms with Gasteiger partial charge in [-0.05, 0) is 18.2 Å². The van der Waals surface area contributed by atoms with E-state index in [0.29, 0.717) is 17.1 Å². The predicted octanol–water partition coefficient (Wildman–Crippen LogP) is 2.13. The molecular weight excluding hydrogens is 216 g/mol. The molecule has 0 aliphatic rings. The van der Waals surface area contributed by atoms with E-state index < -0.39 is 0 Å². The van der Waals surface area contributed by atoms with Gasteiger partial charge in [-0.3, -0.25) is 0 Å². The molecule has 0 heterocycles. The van der Waals surface area contributed by atoms with Crippen LogP contribution < -0.4 is 9.47 Å². The van der Waals surface area contributed by atoms with Gasteiger partial charge in [-0.1, -0.05) is 0 Å². The van der Waals surface area contributed by atoms with Crippen LogP contribution in [0.3, 0.4) is 0 Å². The van der Waals surface area contributed by atoms with E-state index in [2.05, 4.69) is 6.07 Å². The summed E-state index contributed by atoms with van der Waals surface area (Å²) < 4.78 is 10.4. The first-order chi connectivity index (χ1) is 8.12. The first-order valence-electron chi connectivity index (χ1n) is 5.13. The number of hydrogen-bond donors (Lipinski definition) is 0. The van der Waals surface area contributed by atoms with E-state index in [9.17, 15) is 5.26 Å². The molecular formula is C13H16N2O2. The van der Waals surface area contributed by atoms with Crippen molar-refractivity contribution in [2.75, 3.05) is 28.3 Å². The van der Waals surface area contributed by atoms with E-state index in [1.165, 1.54) is 0 Å². The fraction of sp³-hybridized carbons (Fsp3) is 0.308. The standard InChI is InChI=1S/C13H16N2O2/c1-15(2)9-10(8-14)12-7-11(16-3)5-6-13(12)17-4/h5-7,9H,1-4H3/b10-9+. The van der Waals surface area contributed by atoms with Crippen LogP contribution in [0.15, 0.2) is 24.4 Å². The zero-order valence-electron chi connectivity index (χ0n) is 10.5. The van der Waals surface area contributed by atoms with Gasteiger partial charge in [0.15, 0.2) is 0 Å². The van der Waals surface area contributed by atoms with Gasteiger partial charge in [0.1, 0.15) is 17.6 Å². The lowest BCUT2D eigenvalue weighted by atomic mass is 10.1. The molecule has 0 aromatic heterocycles. The topological polar surface area (TPSA) is 45.5 Å². The summed E-state index contributed by atoms with van der Waals surface area (Å²) in [5.41, 5.74) is 1.26. The maximum Gasteiger partial charge on any atom is 0.127 e. The number of hydrogen-bond acceptors (Lipinski definition) is 4. The monoisotopic (exact) mass is 232 g/mol. The molecule has 17 heavy (non-hydrogen) atoms. The average Bonchev–Trinajstić information content (AvgIpc) is 2.34. The largest absolute Gasteiger partial charge is 0.497 e. The molecule has 0 amide bonds. The van der Waals surface area contributed by atoms with E-state index >= 15 is 0 Å². The minimum absolute atomic E-state index is 0.533. The lowest BCUT2D eigenvalue weighted by Gasteiger charge is -2.11. The quantitative estimate of drug-likeness (QED) is 0.746. The molecule has 0 saturated carbocycles. The SMILES string of the molecule is COc1ccc(OC)c(/C(C#N)=C/N(C)C)c1. The van der Waals surface area contributed by atoms with Crippen LogP contribution in [-0.4, -0.2) is 33.2 Å². The normalized spacial score (nSPS) is 10.6. The number of methoxy groups -OCH3 is 2. The molecule has 0 fully saturated rings. The van der Waals surface area contributed by atoms with Crippen LogP contribution in [0.2, 0.25) is 0 Å². The van der Waals surface area contributed by atoms with E-state index in [1.54, 1.807) is 38.6 Å². The predicted molar refractivity (Wildman–Crippen MR) is 66.8 cm³/mol. The number of benzene rings is 1. The Labute approximate surface area is 102 Å². The van der Waals surface area contributed by atoms with Gasteiger partial charge in [-0.25, -0.2) is 0 Å². The fourth-order valence-corrected chi connectivity index (χ4v) is 1.44. The van der Waals surface area contributed by atoms with Crippen molar-refractivity contribution in [3.8, 4) is 17.6 Å². The van der Waals surface area contributed by atoms with Gasteiger partial charge in [0.05, 0.1) is 19.8 Å². The third kappa shape index (κ3) is 3.15. The highest BCUT2D eigenvalue weighted by molar-refractivity contribution is 5.80. The highest BCUT2D eigenvalue weighted by atomic mass is 16.5. The number of nitrogens with zero attached hydrogens (tertiary/aromatic N) is 2. The van der Waals surface area contributed by atoms with Gasteiger partial charge in [-0.2, -0.15) is 5.26 Å². The molecule has 0 radical (unpaired) electrons. The van der Waals surface area contributed by atoms with Crippen molar-refractivity contribution in [2.45, 2.75) is 0 Å². The van der Waals surface area contributed by atoms with Gasteiger partial charge in [-0.15, -0.1) is 0 Å². The van der Waals surface area contributed by atoms with E-state index in [1.807, 2.05) is 19.0 Å². The molecule has 0 spiro atoms. The Balaban J connectivity index is 3.31. The second kappa shape index (κ2) is 5.80. The Morgan fingerprint density at radius 3 is 2.47 bits per heavy atom. The zero-order valence-corrected chi connectivity index (χ0v) is 10.5. The molecule has 1 rings (SSSR count). The highest BCUT2D eigenvalue weighted by Crippen LogP contribution is 2.29. The van der Waals surface area contributed by atoms with Crippen molar-refractivity contribution in [3.63, 3.8) is 0 Å². The van der Waals surface area contributed by atoms with Gasteiger partial charge >= 0.3 is 0 Å². The summed E-state index contributed by atoms with van der Waals surface area (Å²) in [5.74, 6) is 1.35. The Morgan fingerprint density at radius 2 is 2.00 bits per heavy atom. The zero-order chi connectivity index (χ0) is 12.8. The number of rotatable bonds is 4. The Kier molecular flexibility index (Phi) is 4.41. The van der Waals surface area contributed by atoms with Gasteiger partial charge in [0.2, 0.25) is 0 Å². The summed E-state index contributed by atoms with van der Waals surface area (Å²) in [6.07, 6.45) is 1.75. The first kappa shape index (κ1) is 12.9. The maximum atomic E-state index is 9.17. The Hall–Kier alpha value is -2.15. The van der Waals surface area contributed by atoms with E-state index in [-0.39, 0.29) is 0 Å². The van der Waals surface area contributed by atoms with Crippen LogP contribution >= 0.6 is 0 Å². The average molecular weight is 232 g/mol. The third-order valence-corrected chi connectivity index (χ3v) is 2.20. The molecule has 1 aromatic carbocycles. The lowest BCUT2D eigenvalue weighted by molar-refractivity contribution is 0.402. The minimum Gasteiger partial charge on any atom is -0.497 e. The number of ether oxygens (including phenoxy) is 2.